The zero-order chi connectivity index (χ0) is 27.0. The average molecular weight is 541 g/mol. The monoisotopic (exact) mass is 540 g/mol. The molecular formula is C29H42F2O7. The van der Waals surface area contributed by atoms with Crippen LogP contribution in [0.15, 0.2) is 0 Å². The Hall–Kier alpha value is -1.32. The van der Waals surface area contributed by atoms with Crippen LogP contribution in [0.3, 0.4) is 0 Å². The van der Waals surface area contributed by atoms with Crippen molar-refractivity contribution >= 4 is 11.9 Å². The molecule has 0 amide bonds. The lowest BCUT2D eigenvalue weighted by molar-refractivity contribution is -0.278. The summed E-state index contributed by atoms with van der Waals surface area (Å²) in [7, 11) is 0. The molecule has 0 saturated heterocycles. The third-order valence-corrected chi connectivity index (χ3v) is 10.9. The first-order chi connectivity index (χ1) is 17.9. The molecule has 4 atom stereocenters. The minimum Gasteiger partial charge on any atom is -0.462 e. The highest BCUT2D eigenvalue weighted by molar-refractivity contribution is 5.77. The van der Waals surface area contributed by atoms with E-state index < -0.39 is 34.7 Å². The summed E-state index contributed by atoms with van der Waals surface area (Å²) in [6.07, 6.45) is 9.56. The van der Waals surface area contributed by atoms with E-state index in [1.165, 1.54) is 32.1 Å². The number of hydrogen-bond acceptors (Lipinski definition) is 7. The molecule has 0 spiro atoms. The first-order valence-electron chi connectivity index (χ1n) is 14.6. The second-order valence-electron chi connectivity index (χ2n) is 13.8. The highest BCUT2D eigenvalue weighted by Crippen LogP contribution is 2.62. The quantitative estimate of drug-likeness (QED) is 0.321. The molecule has 8 saturated carbocycles. The Morgan fingerprint density at radius 1 is 0.868 bits per heavy atom. The van der Waals surface area contributed by atoms with Crippen molar-refractivity contribution in [2.45, 2.75) is 119 Å². The molecule has 8 fully saturated rings. The second kappa shape index (κ2) is 9.10. The zero-order valence-corrected chi connectivity index (χ0v) is 22.6. The van der Waals surface area contributed by atoms with Crippen LogP contribution in [-0.2, 0) is 28.5 Å². The molecular weight excluding hydrogens is 498 g/mol. The predicted octanol–water partition coefficient (Wildman–Crippen LogP) is 4.57. The number of carbonyl (C=O) groups is 2. The highest BCUT2D eigenvalue weighted by atomic mass is 19.3. The summed E-state index contributed by atoms with van der Waals surface area (Å²) in [5.74, 6) is -2.79. The number of halogens is 2. The van der Waals surface area contributed by atoms with Gasteiger partial charge in [0.1, 0.15) is 18.8 Å². The van der Waals surface area contributed by atoms with Crippen LogP contribution in [0.5, 0.6) is 0 Å². The molecule has 0 heterocycles. The molecule has 8 bridgehead atoms. The molecule has 214 valence electrons. The molecule has 7 nitrogen and oxygen atoms in total. The summed E-state index contributed by atoms with van der Waals surface area (Å²) >= 11 is 0. The zero-order valence-electron chi connectivity index (χ0n) is 22.6. The lowest BCUT2D eigenvalue weighted by Crippen LogP contribution is -2.68. The standard InChI is InChI=1S/C29H42F2O7/c1-3-29(21-7-18-6-19(9-21)10-22(29)8-18)36-5-4-35-23(32)14-37-27-12-20-11-26(34,15-27)16-28(13-20,17-27)38-24(33)25(2,30)31/h18-22,34H,3-17H2,1-2H3. The van der Waals surface area contributed by atoms with Gasteiger partial charge in [0.05, 0.1) is 23.4 Å². The molecule has 1 N–H and O–H groups in total. The fourth-order valence-corrected chi connectivity index (χ4v) is 10.3. The lowest BCUT2D eigenvalue weighted by Gasteiger charge is -2.63. The Balaban J connectivity index is 1.01. The van der Waals surface area contributed by atoms with E-state index >= 15 is 0 Å². The normalized spacial score (nSPS) is 46.4. The minimum atomic E-state index is -3.61. The number of esters is 2. The van der Waals surface area contributed by atoms with Gasteiger partial charge in [-0.2, -0.15) is 8.78 Å². The molecule has 0 aromatic heterocycles. The number of alkyl halides is 2. The van der Waals surface area contributed by atoms with Gasteiger partial charge in [0.15, 0.2) is 0 Å². The van der Waals surface area contributed by atoms with Gasteiger partial charge in [0.2, 0.25) is 0 Å². The van der Waals surface area contributed by atoms with Crippen molar-refractivity contribution in [3.63, 3.8) is 0 Å². The Bertz CT molecular complexity index is 937. The Morgan fingerprint density at radius 2 is 1.50 bits per heavy atom. The van der Waals surface area contributed by atoms with Gasteiger partial charge in [0.25, 0.3) is 0 Å². The molecule has 0 aromatic carbocycles. The average Bonchev–Trinajstić information content (AvgIpc) is 2.79. The van der Waals surface area contributed by atoms with Crippen molar-refractivity contribution in [2.75, 3.05) is 19.8 Å². The second-order valence-corrected chi connectivity index (χ2v) is 13.8. The largest absolute Gasteiger partial charge is 0.462 e. The third kappa shape index (κ3) is 4.68. The minimum absolute atomic E-state index is 0.0230. The molecule has 0 aromatic rings. The fourth-order valence-electron chi connectivity index (χ4n) is 10.3. The van der Waals surface area contributed by atoms with Crippen LogP contribution < -0.4 is 0 Å². The molecule has 4 unspecified atom stereocenters. The maximum Gasteiger partial charge on any atom is 0.377 e. The van der Waals surface area contributed by atoms with Crippen LogP contribution in [0.2, 0.25) is 0 Å². The smallest absolute Gasteiger partial charge is 0.377 e. The molecule has 8 aliphatic rings. The Labute approximate surface area is 223 Å². The Morgan fingerprint density at radius 3 is 2.11 bits per heavy atom. The summed E-state index contributed by atoms with van der Waals surface area (Å²) in [5, 5.41) is 11.2. The third-order valence-electron chi connectivity index (χ3n) is 10.9. The van der Waals surface area contributed by atoms with Crippen LogP contribution in [0, 0.1) is 29.6 Å². The molecule has 0 radical (unpaired) electrons. The van der Waals surface area contributed by atoms with E-state index in [1.54, 1.807) is 0 Å². The van der Waals surface area contributed by atoms with Gasteiger partial charge in [0, 0.05) is 26.2 Å². The van der Waals surface area contributed by atoms with E-state index in [1.807, 2.05) is 0 Å². The molecule has 38 heavy (non-hydrogen) atoms. The molecule has 0 aliphatic heterocycles. The highest BCUT2D eigenvalue weighted by Gasteiger charge is 2.66. The number of aliphatic hydroxyl groups is 1. The summed E-state index contributed by atoms with van der Waals surface area (Å²) < 4.78 is 50.6. The summed E-state index contributed by atoms with van der Waals surface area (Å²) in [6, 6.07) is 0. The first kappa shape index (κ1) is 26.9. The van der Waals surface area contributed by atoms with Crippen molar-refractivity contribution in [2.24, 2.45) is 29.6 Å². The summed E-state index contributed by atoms with van der Waals surface area (Å²) in [4.78, 5) is 24.6. The van der Waals surface area contributed by atoms with Gasteiger partial charge in [-0.3, -0.25) is 0 Å². The number of hydrogen-bond donors (Lipinski definition) is 1. The van der Waals surface area contributed by atoms with Gasteiger partial charge in [-0.1, -0.05) is 6.92 Å². The lowest BCUT2D eigenvalue weighted by atomic mass is 9.49. The Kier molecular flexibility index (Phi) is 6.44. The van der Waals surface area contributed by atoms with Crippen LogP contribution >= 0.6 is 0 Å². The number of rotatable bonds is 10. The molecule has 9 heteroatoms. The fraction of sp³-hybridized carbons (Fsp3) is 0.931. The van der Waals surface area contributed by atoms with Gasteiger partial charge in [-0.25, -0.2) is 9.59 Å². The van der Waals surface area contributed by atoms with Crippen molar-refractivity contribution in [1.82, 2.24) is 0 Å². The maximum atomic E-state index is 13.6. The van der Waals surface area contributed by atoms with Crippen LogP contribution in [0.25, 0.3) is 0 Å². The van der Waals surface area contributed by atoms with E-state index in [0.29, 0.717) is 51.0 Å². The van der Waals surface area contributed by atoms with E-state index in [4.69, 9.17) is 18.9 Å². The first-order valence-corrected chi connectivity index (χ1v) is 14.6. The van der Waals surface area contributed by atoms with Crippen LogP contribution in [-0.4, -0.2) is 65.2 Å². The van der Waals surface area contributed by atoms with E-state index in [-0.39, 0.29) is 37.6 Å². The van der Waals surface area contributed by atoms with Crippen molar-refractivity contribution in [3.05, 3.63) is 0 Å². The number of carbonyl (C=O) groups excluding carboxylic acids is 2. The summed E-state index contributed by atoms with van der Waals surface area (Å²) in [5.41, 5.74) is -3.35. The maximum absolute atomic E-state index is 13.6. The van der Waals surface area contributed by atoms with Crippen molar-refractivity contribution in [1.29, 1.82) is 0 Å². The van der Waals surface area contributed by atoms with Crippen molar-refractivity contribution in [3.8, 4) is 0 Å². The van der Waals surface area contributed by atoms with Crippen LogP contribution in [0.1, 0.15) is 90.9 Å². The van der Waals surface area contributed by atoms with Crippen LogP contribution in [0.4, 0.5) is 8.78 Å². The van der Waals surface area contributed by atoms with Gasteiger partial charge < -0.3 is 24.1 Å². The number of ether oxygens (including phenoxy) is 4. The predicted molar refractivity (Wildman–Crippen MR) is 131 cm³/mol. The van der Waals surface area contributed by atoms with Gasteiger partial charge >= 0.3 is 17.9 Å². The summed E-state index contributed by atoms with van der Waals surface area (Å²) in [6.45, 7) is 2.95. The van der Waals surface area contributed by atoms with Crippen molar-refractivity contribution < 1.29 is 42.4 Å². The SMILES string of the molecule is CCC1(OCCOC(=O)COC23CC4CC(O)(C2)CC(OC(=O)C(C)(F)F)(C4)C3)C2CC3CC(C2)CC1C3. The van der Waals surface area contributed by atoms with Gasteiger partial charge in [-0.15, -0.1) is 0 Å². The van der Waals surface area contributed by atoms with E-state index in [9.17, 15) is 23.5 Å². The van der Waals surface area contributed by atoms with E-state index in [0.717, 1.165) is 18.3 Å². The molecule has 8 aliphatic carbocycles. The van der Waals surface area contributed by atoms with E-state index in [2.05, 4.69) is 6.92 Å². The topological polar surface area (TPSA) is 91.3 Å². The molecule has 8 rings (SSSR count). The van der Waals surface area contributed by atoms with Gasteiger partial charge in [-0.05, 0) is 87.4 Å².